The summed E-state index contributed by atoms with van der Waals surface area (Å²) >= 11 is 0. The van der Waals surface area contributed by atoms with Crippen LogP contribution in [0.3, 0.4) is 0 Å². The second-order valence-electron chi connectivity index (χ2n) is 7.51. The molecule has 2 aliphatic heterocycles. The van der Waals surface area contributed by atoms with Crippen LogP contribution >= 0.6 is 0 Å². The van der Waals surface area contributed by atoms with Crippen molar-refractivity contribution in [1.29, 1.82) is 0 Å². The highest BCUT2D eigenvalue weighted by Crippen LogP contribution is 2.19. The third-order valence-electron chi connectivity index (χ3n) is 5.46. The smallest absolute Gasteiger partial charge is 0.194 e. The molecule has 162 valence electrons. The molecule has 0 aromatic carbocycles. The van der Waals surface area contributed by atoms with Crippen LogP contribution in [0, 0.1) is 0 Å². The molecule has 2 aliphatic rings. The molecule has 30 heavy (non-hydrogen) atoms. The van der Waals surface area contributed by atoms with Crippen LogP contribution in [-0.4, -0.2) is 84.9 Å². The lowest BCUT2D eigenvalue weighted by Gasteiger charge is -2.36. The minimum atomic E-state index is 0.613. The van der Waals surface area contributed by atoms with Crippen molar-refractivity contribution in [2.75, 3.05) is 63.9 Å². The molecule has 9 nitrogen and oxygen atoms in total. The van der Waals surface area contributed by atoms with E-state index < -0.39 is 0 Å². The van der Waals surface area contributed by atoms with Crippen molar-refractivity contribution < 1.29 is 9.26 Å². The van der Waals surface area contributed by atoms with Crippen LogP contribution in [0.4, 0.5) is 5.82 Å². The van der Waals surface area contributed by atoms with E-state index in [1.54, 1.807) is 6.26 Å². The molecular formula is C21H31N7O2. The Labute approximate surface area is 177 Å². The summed E-state index contributed by atoms with van der Waals surface area (Å²) in [5.74, 6) is 1.99. The van der Waals surface area contributed by atoms with E-state index in [2.05, 4.69) is 43.1 Å². The fourth-order valence-electron chi connectivity index (χ4n) is 3.87. The average Bonchev–Trinajstić information content (AvgIpc) is 3.31. The Balaban J connectivity index is 1.39. The van der Waals surface area contributed by atoms with E-state index in [4.69, 9.17) is 14.3 Å². The highest BCUT2D eigenvalue weighted by molar-refractivity contribution is 5.80. The van der Waals surface area contributed by atoms with Gasteiger partial charge in [-0.2, -0.15) is 0 Å². The van der Waals surface area contributed by atoms with Gasteiger partial charge in [-0.3, -0.25) is 4.90 Å². The van der Waals surface area contributed by atoms with Crippen molar-refractivity contribution in [2.24, 2.45) is 4.99 Å². The van der Waals surface area contributed by atoms with Crippen molar-refractivity contribution in [3.63, 3.8) is 0 Å². The molecule has 4 heterocycles. The zero-order chi connectivity index (χ0) is 20.6. The van der Waals surface area contributed by atoms with E-state index in [1.807, 2.05) is 18.3 Å². The summed E-state index contributed by atoms with van der Waals surface area (Å²) in [5, 5.41) is 7.48. The molecule has 0 saturated carbocycles. The lowest BCUT2D eigenvalue weighted by Crippen LogP contribution is -2.52. The quantitative estimate of drug-likeness (QED) is 0.559. The van der Waals surface area contributed by atoms with Gasteiger partial charge in [-0.25, -0.2) is 9.98 Å². The maximum atomic E-state index is 5.49. The van der Waals surface area contributed by atoms with Gasteiger partial charge in [-0.1, -0.05) is 11.2 Å². The van der Waals surface area contributed by atoms with Gasteiger partial charge in [0.25, 0.3) is 0 Å². The maximum Gasteiger partial charge on any atom is 0.194 e. The molecular weight excluding hydrogens is 382 g/mol. The van der Waals surface area contributed by atoms with E-state index in [0.717, 1.165) is 88.6 Å². The summed E-state index contributed by atoms with van der Waals surface area (Å²) in [4.78, 5) is 16.6. The Hall–Kier alpha value is -2.65. The summed E-state index contributed by atoms with van der Waals surface area (Å²) in [6.45, 7) is 11.5. The van der Waals surface area contributed by atoms with Gasteiger partial charge in [0.2, 0.25) is 0 Å². The Morgan fingerprint density at radius 3 is 2.70 bits per heavy atom. The number of rotatable bonds is 6. The molecule has 9 heteroatoms. The summed E-state index contributed by atoms with van der Waals surface area (Å²) in [6, 6.07) is 6.04. The average molecular weight is 414 g/mol. The van der Waals surface area contributed by atoms with Crippen LogP contribution in [0.2, 0.25) is 0 Å². The van der Waals surface area contributed by atoms with Gasteiger partial charge in [-0.05, 0) is 13.0 Å². The van der Waals surface area contributed by atoms with Crippen LogP contribution in [-0.2, 0) is 17.8 Å². The first-order chi connectivity index (χ1) is 14.8. The number of piperazine rings is 1. The number of aromatic nitrogens is 2. The van der Waals surface area contributed by atoms with E-state index in [1.165, 1.54) is 0 Å². The first-order valence-corrected chi connectivity index (χ1v) is 10.7. The fraction of sp³-hybridized carbons (Fsp3) is 0.571. The van der Waals surface area contributed by atoms with Crippen molar-refractivity contribution in [1.82, 2.24) is 25.3 Å². The molecule has 2 aromatic heterocycles. The number of hydrogen-bond acceptors (Lipinski definition) is 7. The van der Waals surface area contributed by atoms with Gasteiger partial charge < -0.3 is 24.4 Å². The minimum absolute atomic E-state index is 0.613. The van der Waals surface area contributed by atoms with Crippen LogP contribution < -0.4 is 10.2 Å². The van der Waals surface area contributed by atoms with Crippen molar-refractivity contribution in [2.45, 2.75) is 20.0 Å². The molecule has 0 unspecified atom stereocenters. The molecule has 0 bridgehead atoms. The highest BCUT2D eigenvalue weighted by atomic mass is 16.5. The highest BCUT2D eigenvalue weighted by Gasteiger charge is 2.21. The zero-order valence-electron chi connectivity index (χ0n) is 17.7. The molecule has 0 atom stereocenters. The molecule has 0 radical (unpaired) electrons. The monoisotopic (exact) mass is 413 g/mol. The summed E-state index contributed by atoms with van der Waals surface area (Å²) in [6.07, 6.45) is 3.49. The minimum Gasteiger partial charge on any atom is -0.378 e. The van der Waals surface area contributed by atoms with Gasteiger partial charge in [0.15, 0.2) is 5.96 Å². The molecule has 2 aromatic rings. The number of guanidine groups is 1. The van der Waals surface area contributed by atoms with Crippen molar-refractivity contribution in [3.8, 4) is 0 Å². The number of aliphatic imine (C=N–C) groups is 1. The van der Waals surface area contributed by atoms with Crippen molar-refractivity contribution in [3.05, 3.63) is 41.9 Å². The molecule has 4 rings (SSSR count). The zero-order valence-corrected chi connectivity index (χ0v) is 17.7. The molecule has 1 N–H and O–H groups in total. The summed E-state index contributed by atoms with van der Waals surface area (Å²) in [5.41, 5.74) is 2.13. The van der Waals surface area contributed by atoms with E-state index >= 15 is 0 Å². The Bertz CT molecular complexity index is 797. The fourth-order valence-corrected chi connectivity index (χ4v) is 3.87. The van der Waals surface area contributed by atoms with Gasteiger partial charge in [-0.15, -0.1) is 0 Å². The summed E-state index contributed by atoms with van der Waals surface area (Å²) in [7, 11) is 0. The van der Waals surface area contributed by atoms with Crippen LogP contribution in [0.15, 0.2) is 40.2 Å². The normalized spacial score (nSPS) is 18.6. The van der Waals surface area contributed by atoms with Crippen LogP contribution in [0.1, 0.15) is 18.2 Å². The predicted octanol–water partition coefficient (Wildman–Crippen LogP) is 1.19. The SMILES string of the molecule is CCNC(=NCc1cccnc1N1CCOCC1)N1CCN(Cc2ccon2)CC1. The lowest BCUT2D eigenvalue weighted by molar-refractivity contribution is 0.122. The maximum absolute atomic E-state index is 5.49. The third kappa shape index (κ3) is 5.28. The van der Waals surface area contributed by atoms with Crippen LogP contribution in [0.5, 0.6) is 0 Å². The second-order valence-corrected chi connectivity index (χ2v) is 7.51. The number of pyridine rings is 1. The molecule has 0 spiro atoms. The van der Waals surface area contributed by atoms with Crippen LogP contribution in [0.25, 0.3) is 0 Å². The predicted molar refractivity (Wildman–Crippen MR) is 115 cm³/mol. The number of nitrogens with one attached hydrogen (secondary N) is 1. The molecule has 0 amide bonds. The number of ether oxygens (including phenoxy) is 1. The lowest BCUT2D eigenvalue weighted by atomic mass is 10.2. The third-order valence-corrected chi connectivity index (χ3v) is 5.46. The van der Waals surface area contributed by atoms with Gasteiger partial charge in [0, 0.05) is 70.2 Å². The standard InChI is InChI=1S/C21H31N7O2/c1-2-22-21(28-9-7-26(8-10-28)17-19-5-13-30-25-19)24-16-18-4-3-6-23-20(18)27-11-14-29-15-12-27/h3-6,13H,2,7-12,14-17H2,1H3,(H,22,24). The van der Waals surface area contributed by atoms with E-state index in [-0.39, 0.29) is 0 Å². The molecule has 2 fully saturated rings. The summed E-state index contributed by atoms with van der Waals surface area (Å²) < 4.78 is 10.4. The first kappa shape index (κ1) is 20.6. The Morgan fingerprint density at radius 2 is 1.97 bits per heavy atom. The van der Waals surface area contributed by atoms with Gasteiger partial charge in [0.05, 0.1) is 25.5 Å². The van der Waals surface area contributed by atoms with Crippen molar-refractivity contribution >= 4 is 11.8 Å². The Morgan fingerprint density at radius 1 is 1.13 bits per heavy atom. The van der Waals surface area contributed by atoms with E-state index in [9.17, 15) is 0 Å². The van der Waals surface area contributed by atoms with Gasteiger partial charge in [0.1, 0.15) is 12.1 Å². The second kappa shape index (κ2) is 10.4. The number of nitrogens with zero attached hydrogens (tertiary/aromatic N) is 6. The number of anilines is 1. The number of hydrogen-bond donors (Lipinski definition) is 1. The Kier molecular flexibility index (Phi) is 7.15. The topological polar surface area (TPSA) is 82.3 Å². The largest absolute Gasteiger partial charge is 0.378 e. The number of morpholine rings is 1. The first-order valence-electron chi connectivity index (χ1n) is 10.7. The van der Waals surface area contributed by atoms with Gasteiger partial charge >= 0.3 is 0 Å². The molecule has 2 saturated heterocycles. The molecule has 0 aliphatic carbocycles. The van der Waals surface area contributed by atoms with E-state index in [0.29, 0.717) is 6.54 Å².